The molecule has 30 heavy (non-hydrogen) atoms. The zero-order valence-corrected chi connectivity index (χ0v) is 16.5. The van der Waals surface area contributed by atoms with Gasteiger partial charge in [0.2, 0.25) is 0 Å². The lowest BCUT2D eigenvalue weighted by Crippen LogP contribution is -2.35. The number of nitrogens with two attached hydrogens (primary N) is 1. The summed E-state index contributed by atoms with van der Waals surface area (Å²) in [6, 6.07) is 0.485. The van der Waals surface area contributed by atoms with Gasteiger partial charge in [-0.1, -0.05) is 13.8 Å². The lowest BCUT2D eigenvalue weighted by atomic mass is 10.1. The lowest BCUT2D eigenvalue weighted by Gasteiger charge is -2.18. The Morgan fingerprint density at radius 2 is 1.93 bits per heavy atom. The van der Waals surface area contributed by atoms with E-state index in [9.17, 15) is 19.2 Å². The molecule has 0 amide bonds. The maximum absolute atomic E-state index is 12.4. The molecule has 2 fully saturated rings. The van der Waals surface area contributed by atoms with Crippen LogP contribution in [0.3, 0.4) is 0 Å². The third kappa shape index (κ3) is 4.52. The van der Waals surface area contributed by atoms with Crippen LogP contribution in [0.25, 0.3) is 0 Å². The van der Waals surface area contributed by atoms with E-state index in [4.69, 9.17) is 29.5 Å². The molecular weight excluding hydrogens is 404 g/mol. The number of aromatic nitrogens is 2. The van der Waals surface area contributed by atoms with E-state index < -0.39 is 54.4 Å². The minimum absolute atomic E-state index is 0.0399. The highest BCUT2D eigenvalue weighted by atomic mass is 16.8. The fourth-order valence-electron chi connectivity index (χ4n) is 2.77. The van der Waals surface area contributed by atoms with Gasteiger partial charge in [0, 0.05) is 12.3 Å². The van der Waals surface area contributed by atoms with Crippen molar-refractivity contribution < 1.29 is 38.2 Å². The number of hydrogen-bond donors (Lipinski definition) is 2. The summed E-state index contributed by atoms with van der Waals surface area (Å²) in [5, 5.41) is 0. The molecule has 13 nitrogen and oxygen atoms in total. The Hall–Kier alpha value is -3.19. The monoisotopic (exact) mass is 426 g/mol. The molecule has 164 valence electrons. The van der Waals surface area contributed by atoms with Gasteiger partial charge in [-0.3, -0.25) is 9.36 Å². The van der Waals surface area contributed by atoms with Gasteiger partial charge in [0.1, 0.15) is 18.8 Å². The molecule has 0 radical (unpaired) electrons. The molecule has 1 aromatic rings. The number of hydrogen-bond acceptors (Lipinski definition) is 12. The molecule has 1 aromatic heterocycles. The van der Waals surface area contributed by atoms with Crippen molar-refractivity contribution in [3.63, 3.8) is 0 Å². The minimum Gasteiger partial charge on any atom is -0.463 e. The number of nitrogens with zero attached hydrogens (tertiary/aromatic N) is 2. The maximum Gasteiger partial charge on any atom is 0.509 e. The SMILES string of the molecule is CC(C)C(=O)OC[C@H]1O[C@@H](n2ccc(NOC(=O)[C@H](C)N)nc2=O)[C@@H]2OC(=O)O[C@@H]21. The van der Waals surface area contributed by atoms with Crippen LogP contribution >= 0.6 is 0 Å². The number of ether oxygens (including phenoxy) is 4. The Balaban J connectivity index is 1.73. The highest BCUT2D eigenvalue weighted by molar-refractivity contribution is 5.75. The average molecular weight is 426 g/mol. The van der Waals surface area contributed by atoms with Crippen molar-refractivity contribution >= 4 is 23.9 Å². The molecule has 0 unspecified atom stereocenters. The Labute approximate surface area is 170 Å². The van der Waals surface area contributed by atoms with Gasteiger partial charge in [0.05, 0.1) is 5.92 Å². The van der Waals surface area contributed by atoms with Crippen molar-refractivity contribution in [2.45, 2.75) is 51.4 Å². The zero-order valence-electron chi connectivity index (χ0n) is 16.5. The number of carbonyl (C=O) groups is 3. The molecule has 0 bridgehead atoms. The number of carbonyl (C=O) groups excluding carboxylic acids is 3. The van der Waals surface area contributed by atoms with Crippen LogP contribution in [-0.2, 0) is 33.4 Å². The molecule has 3 heterocycles. The molecule has 5 atom stereocenters. The van der Waals surface area contributed by atoms with Gasteiger partial charge in [-0.2, -0.15) is 4.98 Å². The van der Waals surface area contributed by atoms with Gasteiger partial charge >= 0.3 is 23.8 Å². The molecule has 2 aliphatic heterocycles. The largest absolute Gasteiger partial charge is 0.509 e. The van der Waals surface area contributed by atoms with Crippen LogP contribution in [0.15, 0.2) is 17.1 Å². The molecule has 3 rings (SSSR count). The molecule has 2 aliphatic rings. The first-order chi connectivity index (χ1) is 14.2. The Morgan fingerprint density at radius 1 is 1.23 bits per heavy atom. The van der Waals surface area contributed by atoms with Crippen LogP contribution in [0.2, 0.25) is 0 Å². The quantitative estimate of drug-likeness (QED) is 0.325. The molecule has 13 heteroatoms. The molecule has 0 aromatic carbocycles. The molecule has 0 saturated carbocycles. The van der Waals surface area contributed by atoms with Crippen molar-refractivity contribution in [1.29, 1.82) is 0 Å². The van der Waals surface area contributed by atoms with Crippen LogP contribution in [0.1, 0.15) is 27.0 Å². The summed E-state index contributed by atoms with van der Waals surface area (Å²) >= 11 is 0. The van der Waals surface area contributed by atoms with E-state index >= 15 is 0 Å². The van der Waals surface area contributed by atoms with Crippen LogP contribution in [-0.4, -0.2) is 58.6 Å². The predicted molar refractivity (Wildman–Crippen MR) is 96.7 cm³/mol. The van der Waals surface area contributed by atoms with Crippen LogP contribution in [0, 0.1) is 5.92 Å². The van der Waals surface area contributed by atoms with Crippen molar-refractivity contribution in [3.8, 4) is 0 Å². The number of anilines is 1. The number of nitrogens with one attached hydrogen (secondary N) is 1. The van der Waals surface area contributed by atoms with Gasteiger partial charge in [0.25, 0.3) is 0 Å². The third-order valence-electron chi connectivity index (χ3n) is 4.34. The van der Waals surface area contributed by atoms with E-state index in [0.29, 0.717) is 0 Å². The van der Waals surface area contributed by atoms with E-state index in [-0.39, 0.29) is 18.3 Å². The maximum atomic E-state index is 12.4. The Bertz CT molecular complexity index is 884. The highest BCUT2D eigenvalue weighted by Crippen LogP contribution is 2.37. The highest BCUT2D eigenvalue weighted by Gasteiger charge is 2.55. The first-order valence-electron chi connectivity index (χ1n) is 9.18. The van der Waals surface area contributed by atoms with E-state index in [1.54, 1.807) is 13.8 Å². The summed E-state index contributed by atoms with van der Waals surface area (Å²) in [7, 11) is 0. The second-order valence-corrected chi connectivity index (χ2v) is 7.08. The standard InChI is InChI=1S/C17H22N4O9/c1-7(2)14(22)26-6-9-11-12(29-17(25)28-11)13(27-9)21-5-4-10(19-16(21)24)20-30-15(23)8(3)18/h4-5,7-9,11-13H,6,18H2,1-3H3,(H,19,20,24)/t8-,9+,11+,12+,13+/m0/s1. The summed E-state index contributed by atoms with van der Waals surface area (Å²) in [5.41, 5.74) is 6.82. The summed E-state index contributed by atoms with van der Waals surface area (Å²) < 4.78 is 22.2. The van der Waals surface area contributed by atoms with Crippen LogP contribution in [0.5, 0.6) is 0 Å². The smallest absolute Gasteiger partial charge is 0.463 e. The Morgan fingerprint density at radius 3 is 2.57 bits per heavy atom. The van der Waals surface area contributed by atoms with Gasteiger partial charge < -0.3 is 29.5 Å². The normalized spacial score (nSPS) is 25.8. The number of rotatable bonds is 7. The van der Waals surface area contributed by atoms with E-state index in [2.05, 4.69) is 10.5 Å². The van der Waals surface area contributed by atoms with Crippen molar-refractivity contribution in [1.82, 2.24) is 9.55 Å². The van der Waals surface area contributed by atoms with E-state index in [1.807, 2.05) is 0 Å². The summed E-state index contributed by atoms with van der Waals surface area (Å²) in [6.45, 7) is 4.60. The topological polar surface area (TPSA) is 170 Å². The first kappa shape index (κ1) is 21.5. The molecular formula is C17H22N4O9. The average Bonchev–Trinajstić information content (AvgIpc) is 3.21. The third-order valence-corrected chi connectivity index (χ3v) is 4.34. The number of esters is 1. The Kier molecular flexibility index (Phi) is 6.22. The summed E-state index contributed by atoms with van der Waals surface area (Å²) in [5.74, 6) is -1.57. The van der Waals surface area contributed by atoms with Gasteiger partial charge in [-0.05, 0) is 6.92 Å². The lowest BCUT2D eigenvalue weighted by molar-refractivity contribution is -0.154. The van der Waals surface area contributed by atoms with Gasteiger partial charge in [0.15, 0.2) is 24.3 Å². The van der Waals surface area contributed by atoms with Crippen LogP contribution < -0.4 is 16.9 Å². The van der Waals surface area contributed by atoms with E-state index in [0.717, 1.165) is 4.57 Å². The fraction of sp³-hybridized carbons (Fsp3) is 0.588. The predicted octanol–water partition coefficient (Wildman–Crippen LogP) is -0.539. The van der Waals surface area contributed by atoms with Gasteiger partial charge in [-0.15, -0.1) is 0 Å². The molecule has 3 N–H and O–H groups in total. The summed E-state index contributed by atoms with van der Waals surface area (Å²) in [6.07, 6.45) is -3.28. The van der Waals surface area contributed by atoms with Crippen molar-refractivity contribution in [2.75, 3.05) is 12.1 Å². The van der Waals surface area contributed by atoms with Crippen LogP contribution in [0.4, 0.5) is 10.6 Å². The van der Waals surface area contributed by atoms with Crippen molar-refractivity contribution in [3.05, 3.63) is 22.7 Å². The first-order valence-corrected chi connectivity index (χ1v) is 9.18. The minimum atomic E-state index is -1.05. The molecule has 0 aliphatic carbocycles. The molecule has 0 spiro atoms. The van der Waals surface area contributed by atoms with Crippen molar-refractivity contribution in [2.24, 2.45) is 11.7 Å². The summed E-state index contributed by atoms with van der Waals surface area (Å²) in [4.78, 5) is 55.6. The van der Waals surface area contributed by atoms with E-state index in [1.165, 1.54) is 19.2 Å². The number of fused-ring (bicyclic) bond motifs is 1. The second kappa shape index (κ2) is 8.67. The molecule has 2 saturated heterocycles. The fourth-order valence-corrected chi connectivity index (χ4v) is 2.77. The second-order valence-electron chi connectivity index (χ2n) is 7.08. The zero-order chi connectivity index (χ0) is 22.0. The van der Waals surface area contributed by atoms with Gasteiger partial charge in [-0.25, -0.2) is 19.9 Å².